The minimum atomic E-state index is -1.03. The monoisotopic (exact) mass is 343 g/mol. The Morgan fingerprint density at radius 2 is 1.68 bits per heavy atom. The SMILES string of the molecule is CCOc1ccc(C(=O)Nc2ccc(C)c(C(=O)O)c2)cc1OCC. The van der Waals surface area contributed by atoms with Gasteiger partial charge < -0.3 is 19.9 Å². The van der Waals surface area contributed by atoms with E-state index >= 15 is 0 Å². The molecule has 0 aliphatic heterocycles. The molecule has 2 aromatic carbocycles. The summed E-state index contributed by atoms with van der Waals surface area (Å²) < 4.78 is 11.0. The zero-order valence-corrected chi connectivity index (χ0v) is 14.5. The van der Waals surface area contributed by atoms with Crippen molar-refractivity contribution in [3.05, 3.63) is 53.1 Å². The third-order valence-corrected chi connectivity index (χ3v) is 3.53. The van der Waals surface area contributed by atoms with Crippen LogP contribution in [0, 0.1) is 6.92 Å². The van der Waals surface area contributed by atoms with Gasteiger partial charge in [0.05, 0.1) is 18.8 Å². The summed E-state index contributed by atoms with van der Waals surface area (Å²) in [6.07, 6.45) is 0. The third-order valence-electron chi connectivity index (χ3n) is 3.53. The lowest BCUT2D eigenvalue weighted by Crippen LogP contribution is -2.13. The summed E-state index contributed by atoms with van der Waals surface area (Å²) in [4.78, 5) is 23.7. The van der Waals surface area contributed by atoms with E-state index in [-0.39, 0.29) is 11.5 Å². The Bertz CT molecular complexity index is 785. The van der Waals surface area contributed by atoms with Crippen LogP contribution in [0.2, 0.25) is 0 Å². The molecule has 0 bridgehead atoms. The summed E-state index contributed by atoms with van der Waals surface area (Å²) in [6.45, 7) is 6.36. The van der Waals surface area contributed by atoms with Crippen molar-refractivity contribution in [3.63, 3.8) is 0 Å². The molecule has 1 amide bonds. The van der Waals surface area contributed by atoms with E-state index in [1.54, 1.807) is 37.3 Å². The number of nitrogens with one attached hydrogen (secondary N) is 1. The first kappa shape index (κ1) is 18.3. The van der Waals surface area contributed by atoms with Gasteiger partial charge in [0, 0.05) is 11.3 Å². The first-order valence-electron chi connectivity index (χ1n) is 8.01. The van der Waals surface area contributed by atoms with E-state index in [1.807, 2.05) is 13.8 Å². The molecule has 0 unspecified atom stereocenters. The van der Waals surface area contributed by atoms with Gasteiger partial charge >= 0.3 is 5.97 Å². The van der Waals surface area contributed by atoms with Crippen molar-refractivity contribution in [2.45, 2.75) is 20.8 Å². The molecule has 0 fully saturated rings. The number of benzene rings is 2. The Hall–Kier alpha value is -3.02. The van der Waals surface area contributed by atoms with Gasteiger partial charge in [0.15, 0.2) is 11.5 Å². The van der Waals surface area contributed by atoms with Gasteiger partial charge in [-0.2, -0.15) is 0 Å². The molecule has 0 aliphatic rings. The molecule has 0 saturated heterocycles. The number of hydrogen-bond acceptors (Lipinski definition) is 4. The quantitative estimate of drug-likeness (QED) is 0.800. The van der Waals surface area contributed by atoms with E-state index in [4.69, 9.17) is 9.47 Å². The van der Waals surface area contributed by atoms with Gasteiger partial charge in [0.2, 0.25) is 0 Å². The number of ether oxygens (including phenoxy) is 2. The highest BCUT2D eigenvalue weighted by Gasteiger charge is 2.13. The Kier molecular flexibility index (Phi) is 6.00. The van der Waals surface area contributed by atoms with Crippen molar-refractivity contribution in [2.24, 2.45) is 0 Å². The molecule has 0 saturated carbocycles. The summed E-state index contributed by atoms with van der Waals surface area (Å²) in [5, 5.41) is 11.9. The van der Waals surface area contributed by atoms with Crippen LogP contribution in [0.15, 0.2) is 36.4 Å². The van der Waals surface area contributed by atoms with Crippen molar-refractivity contribution >= 4 is 17.6 Å². The fraction of sp³-hybridized carbons (Fsp3) is 0.263. The largest absolute Gasteiger partial charge is 0.490 e. The van der Waals surface area contributed by atoms with Crippen LogP contribution in [0.5, 0.6) is 11.5 Å². The maximum atomic E-state index is 12.5. The van der Waals surface area contributed by atoms with Gasteiger partial charge in [-0.15, -0.1) is 0 Å². The molecular formula is C19H21NO5. The van der Waals surface area contributed by atoms with Crippen LogP contribution >= 0.6 is 0 Å². The van der Waals surface area contributed by atoms with E-state index in [1.165, 1.54) is 6.07 Å². The Morgan fingerprint density at radius 1 is 1.00 bits per heavy atom. The first-order valence-corrected chi connectivity index (χ1v) is 8.01. The minimum Gasteiger partial charge on any atom is -0.490 e. The number of amides is 1. The zero-order chi connectivity index (χ0) is 18.4. The van der Waals surface area contributed by atoms with Gasteiger partial charge in [0.25, 0.3) is 5.91 Å². The van der Waals surface area contributed by atoms with E-state index in [9.17, 15) is 14.7 Å². The topological polar surface area (TPSA) is 84.9 Å². The second kappa shape index (κ2) is 8.19. The molecule has 2 N–H and O–H groups in total. The number of carbonyl (C=O) groups excluding carboxylic acids is 1. The third kappa shape index (κ3) is 4.50. The van der Waals surface area contributed by atoms with E-state index in [0.29, 0.717) is 41.5 Å². The number of carbonyl (C=O) groups is 2. The van der Waals surface area contributed by atoms with Gasteiger partial charge in [-0.1, -0.05) is 6.07 Å². The first-order chi connectivity index (χ1) is 12.0. The predicted molar refractivity (Wildman–Crippen MR) is 94.9 cm³/mol. The summed E-state index contributed by atoms with van der Waals surface area (Å²) >= 11 is 0. The number of carboxylic acid groups (broad SMARTS) is 1. The van der Waals surface area contributed by atoms with Crippen LogP contribution in [-0.2, 0) is 0 Å². The molecule has 0 atom stereocenters. The molecule has 132 valence electrons. The average Bonchev–Trinajstić information content (AvgIpc) is 2.58. The lowest BCUT2D eigenvalue weighted by molar-refractivity contribution is 0.0695. The number of anilines is 1. The Morgan fingerprint density at radius 3 is 2.32 bits per heavy atom. The van der Waals surface area contributed by atoms with Crippen LogP contribution < -0.4 is 14.8 Å². The highest BCUT2D eigenvalue weighted by Crippen LogP contribution is 2.29. The minimum absolute atomic E-state index is 0.152. The zero-order valence-electron chi connectivity index (χ0n) is 14.5. The van der Waals surface area contributed by atoms with Crippen LogP contribution in [0.25, 0.3) is 0 Å². The summed E-state index contributed by atoms with van der Waals surface area (Å²) in [7, 11) is 0. The van der Waals surface area contributed by atoms with Gasteiger partial charge in [-0.25, -0.2) is 4.79 Å². The molecule has 0 heterocycles. The van der Waals surface area contributed by atoms with Crippen molar-refractivity contribution < 1.29 is 24.2 Å². The number of hydrogen-bond donors (Lipinski definition) is 2. The number of carboxylic acids is 1. The highest BCUT2D eigenvalue weighted by atomic mass is 16.5. The predicted octanol–water partition coefficient (Wildman–Crippen LogP) is 3.74. The summed E-state index contributed by atoms with van der Waals surface area (Å²) in [5.74, 6) is -0.325. The lowest BCUT2D eigenvalue weighted by atomic mass is 10.1. The average molecular weight is 343 g/mol. The van der Waals surface area contributed by atoms with Crippen LogP contribution in [0.3, 0.4) is 0 Å². The van der Waals surface area contributed by atoms with Crippen LogP contribution in [0.4, 0.5) is 5.69 Å². The molecular weight excluding hydrogens is 322 g/mol. The lowest BCUT2D eigenvalue weighted by Gasteiger charge is -2.13. The normalized spacial score (nSPS) is 10.2. The van der Waals surface area contributed by atoms with Crippen molar-refractivity contribution in [1.29, 1.82) is 0 Å². The number of aromatic carboxylic acids is 1. The molecule has 2 rings (SSSR count). The molecule has 0 radical (unpaired) electrons. The van der Waals surface area contributed by atoms with Crippen molar-refractivity contribution in [3.8, 4) is 11.5 Å². The van der Waals surface area contributed by atoms with Crippen molar-refractivity contribution in [2.75, 3.05) is 18.5 Å². The standard InChI is InChI=1S/C19H21NO5/c1-4-24-16-9-7-13(10-17(16)25-5-2)18(21)20-14-8-6-12(3)15(11-14)19(22)23/h6-11H,4-5H2,1-3H3,(H,20,21)(H,22,23). The summed E-state index contributed by atoms with van der Waals surface area (Å²) in [5.41, 5.74) is 1.59. The van der Waals surface area contributed by atoms with Gasteiger partial charge in [-0.3, -0.25) is 4.79 Å². The fourth-order valence-electron chi connectivity index (χ4n) is 2.33. The van der Waals surface area contributed by atoms with E-state index < -0.39 is 5.97 Å². The molecule has 0 aromatic heterocycles. The molecule has 0 aliphatic carbocycles. The second-order valence-corrected chi connectivity index (χ2v) is 5.32. The second-order valence-electron chi connectivity index (χ2n) is 5.32. The molecule has 6 heteroatoms. The molecule has 25 heavy (non-hydrogen) atoms. The van der Waals surface area contributed by atoms with Gasteiger partial charge in [-0.05, 0) is 56.7 Å². The van der Waals surface area contributed by atoms with Crippen molar-refractivity contribution in [1.82, 2.24) is 0 Å². The van der Waals surface area contributed by atoms with Crippen LogP contribution in [0.1, 0.15) is 40.1 Å². The Labute approximate surface area is 146 Å². The number of aryl methyl sites for hydroxylation is 1. The molecule has 0 spiro atoms. The fourth-order valence-corrected chi connectivity index (χ4v) is 2.33. The maximum Gasteiger partial charge on any atom is 0.336 e. The van der Waals surface area contributed by atoms with Crippen LogP contribution in [-0.4, -0.2) is 30.2 Å². The number of rotatable bonds is 7. The van der Waals surface area contributed by atoms with E-state index in [0.717, 1.165) is 0 Å². The van der Waals surface area contributed by atoms with Gasteiger partial charge in [0.1, 0.15) is 0 Å². The molecule has 2 aromatic rings. The molecule has 6 nitrogen and oxygen atoms in total. The Balaban J connectivity index is 2.24. The maximum absolute atomic E-state index is 12.5. The van der Waals surface area contributed by atoms with E-state index in [2.05, 4.69) is 5.32 Å². The smallest absolute Gasteiger partial charge is 0.336 e. The summed E-state index contributed by atoms with van der Waals surface area (Å²) in [6, 6.07) is 9.68. The highest BCUT2D eigenvalue weighted by molar-refractivity contribution is 6.05.